The highest BCUT2D eigenvalue weighted by atomic mass is 35.5. The highest BCUT2D eigenvalue weighted by Crippen LogP contribution is 2.31. The van der Waals surface area contributed by atoms with Gasteiger partial charge in [0, 0.05) is 18.2 Å². The van der Waals surface area contributed by atoms with Gasteiger partial charge in [0.25, 0.3) is 5.91 Å². The van der Waals surface area contributed by atoms with Crippen LogP contribution in [0.1, 0.15) is 23.2 Å². The van der Waals surface area contributed by atoms with Crippen LogP contribution in [0.15, 0.2) is 29.2 Å². The fraction of sp³-hybridized carbons (Fsp3) is 0.462. The average molecular weight is 334 g/mol. The lowest BCUT2D eigenvalue weighted by molar-refractivity contribution is 0.0950. The minimum atomic E-state index is -3.54. The summed E-state index contributed by atoms with van der Waals surface area (Å²) in [5.74, 6) is 0.195. The van der Waals surface area contributed by atoms with Crippen molar-refractivity contribution in [2.24, 2.45) is 11.7 Å². The van der Waals surface area contributed by atoms with E-state index in [0.717, 1.165) is 12.8 Å². The van der Waals surface area contributed by atoms with Gasteiger partial charge in [-0.15, -0.1) is 12.4 Å². The Kier molecular flexibility index (Phi) is 6.15. The fourth-order valence-corrected chi connectivity index (χ4v) is 2.70. The van der Waals surface area contributed by atoms with Crippen molar-refractivity contribution in [3.63, 3.8) is 0 Å². The molecule has 6 nitrogen and oxygen atoms in total. The number of rotatable bonds is 6. The van der Waals surface area contributed by atoms with E-state index in [-0.39, 0.29) is 29.3 Å². The highest BCUT2D eigenvalue weighted by Gasteiger charge is 2.28. The Morgan fingerprint density at radius 1 is 1.43 bits per heavy atom. The highest BCUT2D eigenvalue weighted by molar-refractivity contribution is 7.89. The van der Waals surface area contributed by atoms with Gasteiger partial charge in [0.1, 0.15) is 0 Å². The van der Waals surface area contributed by atoms with Gasteiger partial charge in [0.05, 0.1) is 4.90 Å². The van der Waals surface area contributed by atoms with Crippen LogP contribution in [0.4, 0.5) is 0 Å². The van der Waals surface area contributed by atoms with Crippen LogP contribution >= 0.6 is 12.4 Å². The Morgan fingerprint density at radius 2 is 2.10 bits per heavy atom. The van der Waals surface area contributed by atoms with Crippen molar-refractivity contribution in [1.82, 2.24) is 10.0 Å². The van der Waals surface area contributed by atoms with Gasteiger partial charge in [-0.1, -0.05) is 6.07 Å². The second kappa shape index (κ2) is 7.22. The molecule has 0 bridgehead atoms. The van der Waals surface area contributed by atoms with Crippen LogP contribution in [0.3, 0.4) is 0 Å². The molecule has 1 aliphatic rings. The number of amides is 1. The first-order valence-electron chi connectivity index (χ1n) is 6.51. The Hall–Kier alpha value is -1.15. The molecule has 0 aliphatic heterocycles. The summed E-state index contributed by atoms with van der Waals surface area (Å²) in [5.41, 5.74) is 6.21. The summed E-state index contributed by atoms with van der Waals surface area (Å²) < 4.78 is 25.6. The molecule has 4 N–H and O–H groups in total. The molecule has 0 saturated heterocycles. The molecule has 1 atom stereocenters. The van der Waals surface area contributed by atoms with E-state index in [1.54, 1.807) is 12.1 Å². The fourth-order valence-electron chi connectivity index (χ4n) is 1.93. The third kappa shape index (κ3) is 4.67. The molecular formula is C13H20ClN3O3S. The van der Waals surface area contributed by atoms with Gasteiger partial charge in [0.15, 0.2) is 0 Å². The number of hydrogen-bond acceptors (Lipinski definition) is 4. The predicted molar refractivity (Wildman–Crippen MR) is 83.0 cm³/mol. The smallest absolute Gasteiger partial charge is 0.251 e. The van der Waals surface area contributed by atoms with Crippen molar-refractivity contribution in [2.45, 2.75) is 23.8 Å². The number of nitrogens with two attached hydrogens (primary N) is 1. The molecule has 0 spiro atoms. The maximum atomic E-state index is 12.0. The minimum absolute atomic E-state index is 0. The largest absolute Gasteiger partial charge is 0.350 e. The summed E-state index contributed by atoms with van der Waals surface area (Å²) in [6.07, 6.45) is 2.24. The molecule has 8 heteroatoms. The zero-order valence-corrected chi connectivity index (χ0v) is 13.3. The van der Waals surface area contributed by atoms with E-state index in [4.69, 9.17) is 5.73 Å². The van der Waals surface area contributed by atoms with Crippen LogP contribution in [0.25, 0.3) is 0 Å². The molecule has 2 rings (SSSR count). The topological polar surface area (TPSA) is 101 Å². The quantitative estimate of drug-likeness (QED) is 0.705. The minimum Gasteiger partial charge on any atom is -0.350 e. The number of sulfonamides is 1. The maximum absolute atomic E-state index is 12.0. The molecule has 1 aromatic carbocycles. The van der Waals surface area contributed by atoms with Crippen molar-refractivity contribution in [3.8, 4) is 0 Å². The zero-order valence-electron chi connectivity index (χ0n) is 11.7. The Balaban J connectivity index is 0.00000220. The molecule has 1 unspecified atom stereocenters. The van der Waals surface area contributed by atoms with Gasteiger partial charge in [0.2, 0.25) is 10.0 Å². The van der Waals surface area contributed by atoms with Crippen molar-refractivity contribution in [2.75, 3.05) is 13.6 Å². The van der Waals surface area contributed by atoms with Crippen LogP contribution in [0, 0.1) is 5.92 Å². The van der Waals surface area contributed by atoms with Crippen LogP contribution in [-0.2, 0) is 10.0 Å². The van der Waals surface area contributed by atoms with E-state index in [1.807, 2.05) is 0 Å². The van der Waals surface area contributed by atoms with Crippen molar-refractivity contribution in [1.29, 1.82) is 0 Å². The lowest BCUT2D eigenvalue weighted by atomic mass is 10.2. The molecule has 118 valence electrons. The summed E-state index contributed by atoms with van der Waals surface area (Å²) >= 11 is 0. The first kappa shape index (κ1) is 17.9. The van der Waals surface area contributed by atoms with Crippen molar-refractivity contribution < 1.29 is 13.2 Å². The van der Waals surface area contributed by atoms with Crippen LogP contribution in [0.2, 0.25) is 0 Å². The van der Waals surface area contributed by atoms with Gasteiger partial charge in [-0.2, -0.15) is 0 Å². The molecule has 1 saturated carbocycles. The maximum Gasteiger partial charge on any atom is 0.251 e. The second-order valence-corrected chi connectivity index (χ2v) is 6.83. The lowest BCUT2D eigenvalue weighted by Crippen LogP contribution is -2.38. The summed E-state index contributed by atoms with van der Waals surface area (Å²) in [7, 11) is -2.21. The number of nitrogens with one attached hydrogen (secondary N) is 2. The summed E-state index contributed by atoms with van der Waals surface area (Å²) in [4.78, 5) is 12.0. The third-order valence-electron chi connectivity index (χ3n) is 3.40. The van der Waals surface area contributed by atoms with E-state index in [9.17, 15) is 13.2 Å². The van der Waals surface area contributed by atoms with Crippen LogP contribution in [-0.4, -0.2) is 34.0 Å². The Labute approximate surface area is 130 Å². The first-order valence-corrected chi connectivity index (χ1v) is 8.00. The zero-order chi connectivity index (χ0) is 14.8. The molecule has 0 aromatic heterocycles. The molecule has 0 radical (unpaired) electrons. The molecule has 1 fully saturated rings. The normalized spacial score (nSPS) is 15.9. The molecule has 1 aliphatic carbocycles. The number of benzene rings is 1. The van der Waals surface area contributed by atoms with Gasteiger partial charge < -0.3 is 11.1 Å². The third-order valence-corrected chi connectivity index (χ3v) is 4.81. The average Bonchev–Trinajstić information content (AvgIpc) is 3.29. The monoisotopic (exact) mass is 333 g/mol. The van der Waals surface area contributed by atoms with E-state index in [0.29, 0.717) is 18.0 Å². The van der Waals surface area contributed by atoms with Crippen molar-refractivity contribution in [3.05, 3.63) is 29.8 Å². The van der Waals surface area contributed by atoms with E-state index in [2.05, 4.69) is 10.0 Å². The van der Waals surface area contributed by atoms with E-state index < -0.39 is 10.0 Å². The van der Waals surface area contributed by atoms with Gasteiger partial charge >= 0.3 is 0 Å². The van der Waals surface area contributed by atoms with E-state index in [1.165, 1.54) is 19.2 Å². The predicted octanol–water partition coefficient (Wildman–Crippen LogP) is 0.484. The number of carbonyl (C=O) groups excluding carboxylic acids is 1. The van der Waals surface area contributed by atoms with Gasteiger partial charge in [-0.3, -0.25) is 4.79 Å². The molecule has 1 amide bonds. The Bertz CT molecular complexity index is 602. The van der Waals surface area contributed by atoms with E-state index >= 15 is 0 Å². The SMILES string of the molecule is CNS(=O)(=O)c1cccc(C(=O)NCC(N)C2CC2)c1.Cl. The number of hydrogen-bond donors (Lipinski definition) is 3. The second-order valence-electron chi connectivity index (χ2n) is 4.95. The molecular weight excluding hydrogens is 314 g/mol. The molecule has 0 heterocycles. The standard InChI is InChI=1S/C13H19N3O3S.ClH/c1-15-20(18,19)11-4-2-3-10(7-11)13(17)16-8-12(14)9-5-6-9;/h2-4,7,9,12,15H,5-6,8,14H2,1H3,(H,16,17);1H. The Morgan fingerprint density at radius 3 is 2.67 bits per heavy atom. The van der Waals surface area contributed by atoms with Crippen LogP contribution < -0.4 is 15.8 Å². The number of halogens is 1. The molecule has 1 aromatic rings. The summed E-state index contributed by atoms with van der Waals surface area (Å²) in [6.45, 7) is 0.409. The summed E-state index contributed by atoms with van der Waals surface area (Å²) in [6, 6.07) is 5.89. The first-order chi connectivity index (χ1) is 9.44. The van der Waals surface area contributed by atoms with Crippen molar-refractivity contribution >= 4 is 28.3 Å². The van der Waals surface area contributed by atoms with Crippen LogP contribution in [0.5, 0.6) is 0 Å². The van der Waals surface area contributed by atoms with Gasteiger partial charge in [-0.25, -0.2) is 13.1 Å². The summed E-state index contributed by atoms with van der Waals surface area (Å²) in [5, 5.41) is 2.74. The molecule has 21 heavy (non-hydrogen) atoms. The van der Waals surface area contributed by atoms with Gasteiger partial charge in [-0.05, 0) is 44.0 Å². The number of carbonyl (C=O) groups is 1. The lowest BCUT2D eigenvalue weighted by Gasteiger charge is -2.12.